The molecule has 1 aliphatic rings. The summed E-state index contributed by atoms with van der Waals surface area (Å²) in [4.78, 5) is 24.7. The molecule has 1 aliphatic heterocycles. The van der Waals surface area contributed by atoms with E-state index < -0.39 is 11.5 Å². The van der Waals surface area contributed by atoms with Crippen LogP contribution in [0.4, 0.5) is 0 Å². The second kappa shape index (κ2) is 7.94. The van der Waals surface area contributed by atoms with Gasteiger partial charge in [-0.2, -0.15) is 11.8 Å². The van der Waals surface area contributed by atoms with Crippen LogP contribution in [0, 0.1) is 13.8 Å². The molecule has 7 heteroatoms. The van der Waals surface area contributed by atoms with Crippen LogP contribution in [0.25, 0.3) is 10.9 Å². The molecule has 1 saturated heterocycles. The third kappa shape index (κ3) is 3.71. The van der Waals surface area contributed by atoms with Gasteiger partial charge >= 0.3 is 5.97 Å². The van der Waals surface area contributed by atoms with Crippen LogP contribution >= 0.6 is 11.8 Å². The highest BCUT2D eigenvalue weighted by Crippen LogP contribution is 2.29. The van der Waals surface area contributed by atoms with Gasteiger partial charge in [0.15, 0.2) is 0 Å². The Bertz CT molecular complexity index is 868. The van der Waals surface area contributed by atoms with Crippen molar-refractivity contribution in [2.75, 3.05) is 25.2 Å². The second-order valence-corrected chi connectivity index (χ2v) is 8.27. The third-order valence-corrected chi connectivity index (χ3v) is 6.51. The normalized spacial score (nSPS) is 16.4. The minimum Gasteiger partial charge on any atom is -0.480 e. The van der Waals surface area contributed by atoms with Gasteiger partial charge in [-0.1, -0.05) is 0 Å². The fraction of sp³-hybridized carbons (Fsp3) is 0.500. The number of amides is 1. The summed E-state index contributed by atoms with van der Waals surface area (Å²) in [5, 5.41) is 13.5. The molecular formula is C20H26N2O4S. The van der Waals surface area contributed by atoms with Crippen molar-refractivity contribution in [3.63, 3.8) is 0 Å². The number of rotatable bonds is 6. The minimum absolute atomic E-state index is 0.326. The molecule has 0 bridgehead atoms. The maximum absolute atomic E-state index is 12.8. The highest BCUT2D eigenvalue weighted by molar-refractivity contribution is 7.99. The number of carbonyl (C=O) groups excluding carboxylic acids is 1. The van der Waals surface area contributed by atoms with Crippen LogP contribution in [0.5, 0.6) is 0 Å². The molecule has 0 aliphatic carbocycles. The van der Waals surface area contributed by atoms with Crippen molar-refractivity contribution in [3.05, 3.63) is 35.0 Å². The summed E-state index contributed by atoms with van der Waals surface area (Å²) in [5.41, 5.74) is 2.66. The summed E-state index contributed by atoms with van der Waals surface area (Å²) in [6.07, 6.45) is 0.902. The molecule has 1 fully saturated rings. The number of hydrogen-bond donors (Lipinski definition) is 2. The molecule has 3 rings (SSSR count). The molecule has 1 amide bonds. The second-order valence-electron chi connectivity index (χ2n) is 7.04. The van der Waals surface area contributed by atoms with Crippen LogP contribution in [-0.4, -0.2) is 52.3 Å². The average Bonchev–Trinajstić information content (AvgIpc) is 2.90. The van der Waals surface area contributed by atoms with Gasteiger partial charge in [0.05, 0.1) is 6.61 Å². The fourth-order valence-electron chi connectivity index (χ4n) is 3.66. The van der Waals surface area contributed by atoms with Crippen molar-refractivity contribution in [1.29, 1.82) is 0 Å². The maximum Gasteiger partial charge on any atom is 0.329 e. The predicted molar refractivity (Wildman–Crippen MR) is 108 cm³/mol. The largest absolute Gasteiger partial charge is 0.480 e. The van der Waals surface area contributed by atoms with Gasteiger partial charge in [-0.3, -0.25) is 4.79 Å². The van der Waals surface area contributed by atoms with E-state index in [2.05, 4.69) is 16.8 Å². The lowest BCUT2D eigenvalue weighted by Crippen LogP contribution is -2.56. The number of nitrogens with zero attached hydrogens (tertiary/aromatic N) is 1. The van der Waals surface area contributed by atoms with Crippen molar-refractivity contribution >= 4 is 34.5 Å². The zero-order valence-electron chi connectivity index (χ0n) is 16.0. The first kappa shape index (κ1) is 19.8. The summed E-state index contributed by atoms with van der Waals surface area (Å²) in [5.74, 6) is 0.210. The molecule has 1 aromatic heterocycles. The number of benzene rings is 1. The standard InChI is InChI=1S/C20H26N2O4S/c1-13-14(2)22(8-9-26-3)17-5-4-15(12-16(13)17)18(23)21-20(19(24)25)6-10-27-11-7-20/h4-5,12H,6-11H2,1-3H3,(H,21,23)(H,24,25). The Morgan fingerprint density at radius 1 is 1.30 bits per heavy atom. The van der Waals surface area contributed by atoms with Crippen LogP contribution in [0.3, 0.4) is 0 Å². The fourth-order valence-corrected chi connectivity index (χ4v) is 4.85. The number of ether oxygens (including phenoxy) is 1. The van der Waals surface area contributed by atoms with Crippen LogP contribution in [0.1, 0.15) is 34.5 Å². The van der Waals surface area contributed by atoms with E-state index >= 15 is 0 Å². The zero-order chi connectivity index (χ0) is 19.6. The van der Waals surface area contributed by atoms with Gasteiger partial charge in [0.1, 0.15) is 5.54 Å². The Morgan fingerprint density at radius 2 is 2.00 bits per heavy atom. The van der Waals surface area contributed by atoms with Crippen LogP contribution in [0.15, 0.2) is 18.2 Å². The Kier molecular flexibility index (Phi) is 5.81. The third-order valence-electron chi connectivity index (χ3n) is 5.53. The topological polar surface area (TPSA) is 80.6 Å². The van der Waals surface area contributed by atoms with Gasteiger partial charge in [-0.05, 0) is 62.0 Å². The molecule has 27 heavy (non-hydrogen) atoms. The summed E-state index contributed by atoms with van der Waals surface area (Å²) in [7, 11) is 1.68. The Hall–Kier alpha value is -1.99. The van der Waals surface area contributed by atoms with E-state index in [4.69, 9.17) is 4.74 Å². The number of methoxy groups -OCH3 is 1. The molecule has 2 N–H and O–H groups in total. The molecule has 146 valence electrons. The monoisotopic (exact) mass is 390 g/mol. The first-order valence-electron chi connectivity index (χ1n) is 9.11. The van der Waals surface area contributed by atoms with Crippen molar-refractivity contribution in [1.82, 2.24) is 9.88 Å². The first-order valence-corrected chi connectivity index (χ1v) is 10.3. The van der Waals surface area contributed by atoms with Gasteiger partial charge < -0.3 is 19.7 Å². The van der Waals surface area contributed by atoms with E-state index in [0.29, 0.717) is 25.0 Å². The summed E-state index contributed by atoms with van der Waals surface area (Å²) in [6, 6.07) is 5.57. The smallest absolute Gasteiger partial charge is 0.329 e. The molecule has 6 nitrogen and oxygen atoms in total. The van der Waals surface area contributed by atoms with E-state index in [-0.39, 0.29) is 5.91 Å². The summed E-state index contributed by atoms with van der Waals surface area (Å²) < 4.78 is 7.38. The molecule has 1 aromatic carbocycles. The molecular weight excluding hydrogens is 364 g/mol. The highest BCUT2D eigenvalue weighted by atomic mass is 32.2. The molecule has 0 atom stereocenters. The number of fused-ring (bicyclic) bond motifs is 1. The van der Waals surface area contributed by atoms with Crippen LogP contribution < -0.4 is 5.32 Å². The number of aliphatic carboxylic acids is 1. The van der Waals surface area contributed by atoms with E-state index in [9.17, 15) is 14.7 Å². The molecule has 0 spiro atoms. The number of carboxylic acid groups (broad SMARTS) is 1. The van der Waals surface area contributed by atoms with Crippen molar-refractivity contribution in [3.8, 4) is 0 Å². The average molecular weight is 391 g/mol. The van der Waals surface area contributed by atoms with E-state index in [0.717, 1.165) is 40.2 Å². The summed E-state index contributed by atoms with van der Waals surface area (Å²) in [6.45, 7) is 5.47. The van der Waals surface area contributed by atoms with Crippen molar-refractivity contribution in [2.45, 2.75) is 38.8 Å². The number of aromatic nitrogens is 1. The Morgan fingerprint density at radius 3 is 2.63 bits per heavy atom. The molecule has 2 aromatic rings. The molecule has 0 radical (unpaired) electrons. The SMILES string of the molecule is COCCn1c(C)c(C)c2cc(C(=O)NC3(C(=O)O)CCSCC3)ccc21. The number of hydrogen-bond acceptors (Lipinski definition) is 4. The lowest BCUT2D eigenvalue weighted by molar-refractivity contribution is -0.144. The molecule has 0 unspecified atom stereocenters. The van der Waals surface area contributed by atoms with Gasteiger partial charge in [-0.25, -0.2) is 4.79 Å². The number of nitrogens with one attached hydrogen (secondary N) is 1. The number of thioether (sulfide) groups is 1. The quantitative estimate of drug-likeness (QED) is 0.793. The number of carbonyl (C=O) groups is 2. The maximum atomic E-state index is 12.8. The van der Waals surface area contributed by atoms with Gasteiger partial charge in [-0.15, -0.1) is 0 Å². The van der Waals surface area contributed by atoms with Crippen LogP contribution in [-0.2, 0) is 16.1 Å². The van der Waals surface area contributed by atoms with Crippen molar-refractivity contribution in [2.24, 2.45) is 0 Å². The van der Waals surface area contributed by atoms with Gasteiger partial charge in [0.2, 0.25) is 0 Å². The van der Waals surface area contributed by atoms with E-state index in [1.807, 2.05) is 19.1 Å². The number of carboxylic acids is 1. The molecule has 2 heterocycles. The van der Waals surface area contributed by atoms with Gasteiger partial charge in [0, 0.05) is 35.8 Å². The highest BCUT2D eigenvalue weighted by Gasteiger charge is 2.41. The predicted octanol–water partition coefficient (Wildman–Crippen LogP) is 2.98. The lowest BCUT2D eigenvalue weighted by atomic mass is 9.91. The minimum atomic E-state index is -1.16. The first-order chi connectivity index (χ1) is 12.9. The zero-order valence-corrected chi connectivity index (χ0v) is 16.8. The Labute approximate surface area is 163 Å². The number of aryl methyl sites for hydroxylation is 1. The van der Waals surface area contributed by atoms with Crippen LogP contribution in [0.2, 0.25) is 0 Å². The molecule has 0 saturated carbocycles. The summed E-state index contributed by atoms with van der Waals surface area (Å²) >= 11 is 1.72. The van der Waals surface area contributed by atoms with E-state index in [1.54, 1.807) is 24.9 Å². The van der Waals surface area contributed by atoms with Gasteiger partial charge in [0.25, 0.3) is 5.91 Å². The lowest BCUT2D eigenvalue weighted by Gasteiger charge is -2.33. The van der Waals surface area contributed by atoms with E-state index in [1.165, 1.54) is 0 Å². The Balaban J connectivity index is 1.91. The van der Waals surface area contributed by atoms with Crippen molar-refractivity contribution < 1.29 is 19.4 Å².